The van der Waals surface area contributed by atoms with Gasteiger partial charge < -0.3 is 14.9 Å². The third kappa shape index (κ3) is 3.24. The molecule has 2 atom stereocenters. The molecular weight excluding hydrogens is 248 g/mol. The highest BCUT2D eigenvalue weighted by Crippen LogP contribution is 2.21. The first kappa shape index (κ1) is 15.5. The Morgan fingerprint density at radius 3 is 2.26 bits per heavy atom. The van der Waals surface area contributed by atoms with Crippen molar-refractivity contribution in [1.82, 2.24) is 9.80 Å². The Labute approximate surface area is 113 Å². The first-order valence-corrected chi connectivity index (χ1v) is 6.56. The molecule has 2 amide bonds. The van der Waals surface area contributed by atoms with Crippen molar-refractivity contribution in [2.24, 2.45) is 5.92 Å². The van der Waals surface area contributed by atoms with Gasteiger partial charge in [-0.2, -0.15) is 0 Å². The molecule has 6 heteroatoms. The second-order valence-electron chi connectivity index (χ2n) is 5.34. The summed E-state index contributed by atoms with van der Waals surface area (Å²) in [6, 6.07) is -1.46. The molecule has 1 saturated heterocycles. The fourth-order valence-corrected chi connectivity index (χ4v) is 2.31. The number of hydrogen-bond acceptors (Lipinski definition) is 3. The predicted molar refractivity (Wildman–Crippen MR) is 69.4 cm³/mol. The highest BCUT2D eigenvalue weighted by atomic mass is 16.4. The summed E-state index contributed by atoms with van der Waals surface area (Å²) < 4.78 is 0. The van der Waals surface area contributed by atoms with Crippen LogP contribution in [0.15, 0.2) is 0 Å². The van der Waals surface area contributed by atoms with Crippen molar-refractivity contribution in [3.63, 3.8) is 0 Å². The number of carbonyl (C=O) groups excluding carboxylic acids is 2. The van der Waals surface area contributed by atoms with Crippen molar-refractivity contribution in [2.75, 3.05) is 13.6 Å². The summed E-state index contributed by atoms with van der Waals surface area (Å²) in [6.45, 7) is 5.77. The van der Waals surface area contributed by atoms with Gasteiger partial charge in [-0.25, -0.2) is 4.79 Å². The van der Waals surface area contributed by atoms with Crippen molar-refractivity contribution < 1.29 is 19.5 Å². The molecule has 1 aliphatic heterocycles. The molecule has 0 unspecified atom stereocenters. The largest absolute Gasteiger partial charge is 0.480 e. The number of nitrogens with zero attached hydrogens (tertiary/aromatic N) is 2. The highest BCUT2D eigenvalue weighted by molar-refractivity contribution is 5.91. The Hall–Kier alpha value is -1.59. The Morgan fingerprint density at radius 2 is 1.89 bits per heavy atom. The average molecular weight is 270 g/mol. The minimum absolute atomic E-state index is 0.0246. The number of likely N-dealkylation sites (N-methyl/N-ethyl adjacent to an activating group) is 1. The minimum atomic E-state index is -1.05. The number of amides is 2. The van der Waals surface area contributed by atoms with Gasteiger partial charge in [-0.1, -0.05) is 13.8 Å². The molecule has 1 fully saturated rings. The Morgan fingerprint density at radius 1 is 1.32 bits per heavy atom. The van der Waals surface area contributed by atoms with Crippen LogP contribution in [0, 0.1) is 5.92 Å². The third-order valence-corrected chi connectivity index (χ3v) is 3.62. The molecule has 0 aromatic rings. The number of likely N-dealkylation sites (tertiary alicyclic amines) is 1. The van der Waals surface area contributed by atoms with Crippen LogP contribution in [0.25, 0.3) is 0 Å². The average Bonchev–Trinajstić information content (AvgIpc) is 2.73. The number of rotatable bonds is 5. The lowest BCUT2D eigenvalue weighted by atomic mass is 10.0. The second kappa shape index (κ2) is 6.04. The minimum Gasteiger partial charge on any atom is -0.480 e. The lowest BCUT2D eigenvalue weighted by Gasteiger charge is -2.34. The molecule has 1 heterocycles. The SMILES string of the molecule is CC(C)[C@H](C(=O)N(C)[C@H](C)C(=O)O)N1CCCC1=O. The van der Waals surface area contributed by atoms with Crippen molar-refractivity contribution in [3.05, 3.63) is 0 Å². The quantitative estimate of drug-likeness (QED) is 0.792. The molecule has 0 saturated carbocycles. The van der Waals surface area contributed by atoms with E-state index < -0.39 is 18.1 Å². The van der Waals surface area contributed by atoms with Crippen LogP contribution >= 0.6 is 0 Å². The predicted octanol–water partition coefficient (Wildman–Crippen LogP) is 0.565. The van der Waals surface area contributed by atoms with E-state index in [0.717, 1.165) is 6.42 Å². The van der Waals surface area contributed by atoms with Gasteiger partial charge in [-0.3, -0.25) is 9.59 Å². The summed E-state index contributed by atoms with van der Waals surface area (Å²) in [5.74, 6) is -1.42. The maximum atomic E-state index is 12.4. The van der Waals surface area contributed by atoms with Gasteiger partial charge in [0.2, 0.25) is 11.8 Å². The monoisotopic (exact) mass is 270 g/mol. The fourth-order valence-electron chi connectivity index (χ4n) is 2.31. The molecule has 0 bridgehead atoms. The normalized spacial score (nSPS) is 18.6. The van der Waals surface area contributed by atoms with E-state index in [0.29, 0.717) is 13.0 Å². The fraction of sp³-hybridized carbons (Fsp3) is 0.769. The summed E-state index contributed by atoms with van der Waals surface area (Å²) in [6.07, 6.45) is 1.22. The van der Waals surface area contributed by atoms with Gasteiger partial charge >= 0.3 is 5.97 Å². The molecule has 1 N–H and O–H groups in total. The van der Waals surface area contributed by atoms with Gasteiger partial charge in [0.05, 0.1) is 0 Å². The van der Waals surface area contributed by atoms with Crippen molar-refractivity contribution in [3.8, 4) is 0 Å². The van der Waals surface area contributed by atoms with Gasteiger partial charge in [0.1, 0.15) is 12.1 Å². The van der Waals surface area contributed by atoms with E-state index in [1.54, 1.807) is 4.90 Å². The van der Waals surface area contributed by atoms with E-state index in [4.69, 9.17) is 5.11 Å². The first-order valence-electron chi connectivity index (χ1n) is 6.56. The van der Waals surface area contributed by atoms with Gasteiger partial charge in [0.25, 0.3) is 0 Å². The van der Waals surface area contributed by atoms with Crippen LogP contribution < -0.4 is 0 Å². The van der Waals surface area contributed by atoms with Gasteiger partial charge in [-0.15, -0.1) is 0 Å². The lowest BCUT2D eigenvalue weighted by molar-refractivity contribution is -0.153. The van der Waals surface area contributed by atoms with Gasteiger partial charge in [0, 0.05) is 20.0 Å². The van der Waals surface area contributed by atoms with E-state index in [1.807, 2.05) is 13.8 Å². The maximum Gasteiger partial charge on any atom is 0.326 e. The lowest BCUT2D eigenvalue weighted by Crippen LogP contribution is -2.54. The first-order chi connectivity index (χ1) is 8.77. The summed E-state index contributed by atoms with van der Waals surface area (Å²) in [5.41, 5.74) is 0. The zero-order valence-corrected chi connectivity index (χ0v) is 11.9. The number of carbonyl (C=O) groups is 3. The molecule has 0 aromatic carbocycles. The van der Waals surface area contributed by atoms with Crippen LogP contribution in [0.4, 0.5) is 0 Å². The van der Waals surface area contributed by atoms with Crippen molar-refractivity contribution in [1.29, 1.82) is 0 Å². The molecule has 1 aliphatic rings. The maximum absolute atomic E-state index is 12.4. The Bertz CT molecular complexity index is 381. The molecule has 0 spiro atoms. The number of aliphatic carboxylic acids is 1. The number of carboxylic acids is 1. The molecule has 19 heavy (non-hydrogen) atoms. The van der Waals surface area contributed by atoms with E-state index in [1.165, 1.54) is 18.9 Å². The summed E-state index contributed by atoms with van der Waals surface area (Å²) >= 11 is 0. The van der Waals surface area contributed by atoms with Crippen LogP contribution in [0.5, 0.6) is 0 Å². The van der Waals surface area contributed by atoms with Gasteiger partial charge in [0.15, 0.2) is 0 Å². The summed E-state index contributed by atoms with van der Waals surface area (Å²) in [5, 5.41) is 8.96. The van der Waals surface area contributed by atoms with Gasteiger partial charge in [-0.05, 0) is 19.3 Å². The summed E-state index contributed by atoms with van der Waals surface area (Å²) in [4.78, 5) is 38.0. The van der Waals surface area contributed by atoms with Crippen molar-refractivity contribution >= 4 is 17.8 Å². The molecule has 0 aromatic heterocycles. The molecule has 0 radical (unpaired) electrons. The number of carboxylic acid groups (broad SMARTS) is 1. The van der Waals surface area contributed by atoms with Crippen LogP contribution in [0.1, 0.15) is 33.6 Å². The van der Waals surface area contributed by atoms with E-state index in [2.05, 4.69) is 0 Å². The molecule has 0 aliphatic carbocycles. The van der Waals surface area contributed by atoms with Crippen LogP contribution in [-0.2, 0) is 14.4 Å². The smallest absolute Gasteiger partial charge is 0.326 e. The van der Waals surface area contributed by atoms with Crippen LogP contribution in [0.2, 0.25) is 0 Å². The van der Waals surface area contributed by atoms with Crippen molar-refractivity contribution in [2.45, 2.75) is 45.7 Å². The summed E-state index contributed by atoms with van der Waals surface area (Å²) in [7, 11) is 1.47. The zero-order valence-electron chi connectivity index (χ0n) is 11.9. The molecular formula is C13H22N2O4. The van der Waals surface area contributed by atoms with E-state index in [-0.39, 0.29) is 17.7 Å². The standard InChI is InChI=1S/C13H22N2O4/c1-8(2)11(15-7-5-6-10(15)16)12(17)14(4)9(3)13(18)19/h8-9,11H,5-7H2,1-4H3,(H,18,19)/t9-,11-/m1/s1. The molecule has 1 rings (SSSR count). The third-order valence-electron chi connectivity index (χ3n) is 3.62. The van der Waals surface area contributed by atoms with Crippen LogP contribution in [0.3, 0.4) is 0 Å². The Kier molecular flexibility index (Phi) is 4.91. The van der Waals surface area contributed by atoms with E-state index in [9.17, 15) is 14.4 Å². The van der Waals surface area contributed by atoms with E-state index >= 15 is 0 Å². The van der Waals surface area contributed by atoms with Crippen LogP contribution in [-0.4, -0.2) is 58.4 Å². The Balaban J connectivity index is 2.90. The topological polar surface area (TPSA) is 77.9 Å². The number of hydrogen-bond donors (Lipinski definition) is 1. The molecule has 108 valence electrons. The second-order valence-corrected chi connectivity index (χ2v) is 5.34. The zero-order chi connectivity index (χ0) is 14.7. The highest BCUT2D eigenvalue weighted by Gasteiger charge is 2.38. The molecule has 6 nitrogen and oxygen atoms in total.